The van der Waals surface area contributed by atoms with Crippen LogP contribution in [-0.4, -0.2) is 12.1 Å². The van der Waals surface area contributed by atoms with Crippen molar-refractivity contribution in [1.82, 2.24) is 5.43 Å². The number of nitrogens with one attached hydrogen (secondary N) is 1. The Kier molecular flexibility index (Phi) is 3.89. The van der Waals surface area contributed by atoms with Gasteiger partial charge in [0.15, 0.2) is 0 Å². The Bertz CT molecular complexity index is 573. The van der Waals surface area contributed by atoms with Gasteiger partial charge in [-0.2, -0.15) is 5.10 Å². The monoisotopic (exact) mass is 258 g/mol. The number of hydrogen-bond acceptors (Lipinski definition) is 3. The van der Waals surface area contributed by atoms with Crippen molar-refractivity contribution < 1.29 is 4.79 Å². The van der Waals surface area contributed by atoms with Crippen molar-refractivity contribution >= 4 is 23.5 Å². The molecule has 1 aromatic heterocycles. The quantitative estimate of drug-likeness (QED) is 0.667. The maximum atomic E-state index is 11.6. The average molecular weight is 258 g/mol. The predicted octanol–water partition coefficient (Wildman–Crippen LogP) is 3.13. The number of rotatable bonds is 3. The summed E-state index contributed by atoms with van der Waals surface area (Å²) in [5.41, 5.74) is 5.84. The van der Waals surface area contributed by atoms with E-state index in [0.29, 0.717) is 4.88 Å². The number of carbonyl (C=O) groups excluding carboxylic acids is 1. The second kappa shape index (κ2) is 5.60. The first-order chi connectivity index (χ1) is 8.66. The largest absolute Gasteiger partial charge is 0.281 e. The lowest BCUT2D eigenvalue weighted by atomic mass is 10.1. The summed E-state index contributed by atoms with van der Waals surface area (Å²) >= 11 is 1.40. The molecule has 1 N–H and O–H groups in total. The first kappa shape index (κ1) is 12.5. The Labute approximate surface area is 110 Å². The number of carbonyl (C=O) groups is 1. The molecule has 2 rings (SSSR count). The van der Waals surface area contributed by atoms with Crippen LogP contribution in [-0.2, 0) is 0 Å². The third-order valence-electron chi connectivity index (χ3n) is 2.55. The van der Waals surface area contributed by atoms with Crippen molar-refractivity contribution in [2.45, 2.75) is 13.8 Å². The highest BCUT2D eigenvalue weighted by molar-refractivity contribution is 7.12. The molecule has 0 saturated heterocycles. The summed E-state index contributed by atoms with van der Waals surface area (Å²) in [6, 6.07) is 9.74. The highest BCUT2D eigenvalue weighted by atomic mass is 32.1. The van der Waals surface area contributed by atoms with Gasteiger partial charge < -0.3 is 0 Å². The van der Waals surface area contributed by atoms with Crippen LogP contribution in [0.2, 0.25) is 0 Å². The predicted molar refractivity (Wildman–Crippen MR) is 75.3 cm³/mol. The molecule has 4 heteroatoms. The van der Waals surface area contributed by atoms with Gasteiger partial charge in [0.05, 0.1) is 11.1 Å². The summed E-state index contributed by atoms with van der Waals surface area (Å²) in [6.07, 6.45) is 1.67. The Morgan fingerprint density at radius 1 is 1.33 bits per heavy atom. The van der Waals surface area contributed by atoms with Crippen molar-refractivity contribution in [2.24, 2.45) is 5.10 Å². The molecule has 1 heterocycles. The van der Waals surface area contributed by atoms with Gasteiger partial charge in [0.1, 0.15) is 0 Å². The minimum Gasteiger partial charge on any atom is -0.266 e. The summed E-state index contributed by atoms with van der Waals surface area (Å²) in [7, 11) is 0. The molecule has 0 spiro atoms. The summed E-state index contributed by atoms with van der Waals surface area (Å²) < 4.78 is 0. The molecule has 0 bridgehead atoms. The van der Waals surface area contributed by atoms with Gasteiger partial charge in [0, 0.05) is 0 Å². The molecule has 0 radical (unpaired) electrons. The van der Waals surface area contributed by atoms with Gasteiger partial charge in [-0.15, -0.1) is 11.3 Å². The molecule has 0 fully saturated rings. The second-order valence-corrected chi connectivity index (χ2v) is 4.98. The standard InChI is InChI=1S/C14H14N2OS/c1-10-5-6-11(2)12(8-10)9-15-16-14(17)13-4-3-7-18-13/h3-9H,1-2H3,(H,16,17)/b15-9-. The van der Waals surface area contributed by atoms with Gasteiger partial charge in [-0.1, -0.05) is 29.8 Å². The fourth-order valence-corrected chi connectivity index (χ4v) is 2.14. The van der Waals surface area contributed by atoms with Crippen molar-refractivity contribution in [1.29, 1.82) is 0 Å². The van der Waals surface area contributed by atoms with Crippen LogP contribution in [0.4, 0.5) is 0 Å². The molecular weight excluding hydrogens is 244 g/mol. The summed E-state index contributed by atoms with van der Waals surface area (Å²) in [5.74, 6) is -0.174. The summed E-state index contributed by atoms with van der Waals surface area (Å²) in [4.78, 5) is 12.3. The molecule has 0 aliphatic heterocycles. The Hall–Kier alpha value is -1.94. The van der Waals surface area contributed by atoms with Crippen LogP contribution in [0.25, 0.3) is 0 Å². The molecule has 2 aromatic rings. The zero-order valence-corrected chi connectivity index (χ0v) is 11.1. The molecule has 0 unspecified atom stereocenters. The molecule has 0 saturated carbocycles. The van der Waals surface area contributed by atoms with E-state index in [1.54, 1.807) is 12.3 Å². The Morgan fingerprint density at radius 2 is 2.17 bits per heavy atom. The number of nitrogens with zero attached hydrogens (tertiary/aromatic N) is 1. The third-order valence-corrected chi connectivity index (χ3v) is 3.42. The number of hydrogen-bond donors (Lipinski definition) is 1. The van der Waals surface area contributed by atoms with E-state index in [-0.39, 0.29) is 5.91 Å². The van der Waals surface area contributed by atoms with E-state index in [1.807, 2.05) is 37.4 Å². The number of thiophene rings is 1. The van der Waals surface area contributed by atoms with Gasteiger partial charge in [0.2, 0.25) is 0 Å². The van der Waals surface area contributed by atoms with E-state index >= 15 is 0 Å². The maximum absolute atomic E-state index is 11.6. The number of benzene rings is 1. The normalized spacial score (nSPS) is 10.8. The van der Waals surface area contributed by atoms with Gasteiger partial charge in [-0.3, -0.25) is 4.79 Å². The average Bonchev–Trinajstić information content (AvgIpc) is 2.87. The topological polar surface area (TPSA) is 41.5 Å². The zero-order chi connectivity index (χ0) is 13.0. The summed E-state index contributed by atoms with van der Waals surface area (Å²) in [6.45, 7) is 4.04. The highest BCUT2D eigenvalue weighted by Gasteiger charge is 2.03. The minimum atomic E-state index is -0.174. The lowest BCUT2D eigenvalue weighted by Crippen LogP contribution is -2.16. The molecule has 0 atom stereocenters. The first-order valence-electron chi connectivity index (χ1n) is 5.61. The van der Waals surface area contributed by atoms with Gasteiger partial charge in [-0.25, -0.2) is 5.43 Å². The molecule has 0 aliphatic rings. The molecule has 3 nitrogen and oxygen atoms in total. The van der Waals surface area contributed by atoms with Crippen molar-refractivity contribution in [3.63, 3.8) is 0 Å². The van der Waals surface area contributed by atoms with E-state index in [9.17, 15) is 4.79 Å². The zero-order valence-electron chi connectivity index (χ0n) is 10.3. The lowest BCUT2D eigenvalue weighted by Gasteiger charge is -2.01. The first-order valence-corrected chi connectivity index (χ1v) is 6.49. The van der Waals surface area contributed by atoms with Crippen LogP contribution in [0.15, 0.2) is 40.8 Å². The number of amides is 1. The van der Waals surface area contributed by atoms with E-state index in [0.717, 1.165) is 11.1 Å². The van der Waals surface area contributed by atoms with Crippen molar-refractivity contribution in [3.05, 3.63) is 57.3 Å². The van der Waals surface area contributed by atoms with Crippen LogP contribution in [0.1, 0.15) is 26.4 Å². The second-order valence-electron chi connectivity index (χ2n) is 4.04. The van der Waals surface area contributed by atoms with E-state index in [2.05, 4.69) is 16.6 Å². The lowest BCUT2D eigenvalue weighted by molar-refractivity contribution is 0.0959. The van der Waals surface area contributed by atoms with Crippen LogP contribution in [0.3, 0.4) is 0 Å². The van der Waals surface area contributed by atoms with E-state index in [1.165, 1.54) is 16.9 Å². The Morgan fingerprint density at radius 3 is 2.89 bits per heavy atom. The fourth-order valence-electron chi connectivity index (χ4n) is 1.52. The molecule has 92 valence electrons. The minimum absolute atomic E-state index is 0.174. The van der Waals surface area contributed by atoms with Gasteiger partial charge in [-0.05, 0) is 36.4 Å². The molecular formula is C14H14N2OS. The maximum Gasteiger partial charge on any atom is 0.281 e. The Balaban J connectivity index is 2.03. The highest BCUT2D eigenvalue weighted by Crippen LogP contribution is 2.09. The molecule has 1 amide bonds. The summed E-state index contributed by atoms with van der Waals surface area (Å²) in [5, 5.41) is 5.85. The number of hydrazone groups is 1. The fraction of sp³-hybridized carbons (Fsp3) is 0.143. The van der Waals surface area contributed by atoms with Crippen LogP contribution >= 0.6 is 11.3 Å². The third kappa shape index (κ3) is 3.05. The van der Waals surface area contributed by atoms with Gasteiger partial charge >= 0.3 is 0 Å². The SMILES string of the molecule is Cc1ccc(C)c(/C=N\NC(=O)c2cccs2)c1. The van der Waals surface area contributed by atoms with Crippen molar-refractivity contribution in [2.75, 3.05) is 0 Å². The van der Waals surface area contributed by atoms with Crippen LogP contribution in [0.5, 0.6) is 0 Å². The number of aryl methyl sites for hydroxylation is 2. The molecule has 1 aromatic carbocycles. The van der Waals surface area contributed by atoms with Crippen molar-refractivity contribution in [3.8, 4) is 0 Å². The van der Waals surface area contributed by atoms with E-state index < -0.39 is 0 Å². The van der Waals surface area contributed by atoms with Crippen LogP contribution < -0.4 is 5.43 Å². The smallest absolute Gasteiger partial charge is 0.266 e. The van der Waals surface area contributed by atoms with Gasteiger partial charge in [0.25, 0.3) is 5.91 Å². The molecule has 0 aliphatic carbocycles. The van der Waals surface area contributed by atoms with E-state index in [4.69, 9.17) is 0 Å². The molecule has 18 heavy (non-hydrogen) atoms. The van der Waals surface area contributed by atoms with Crippen LogP contribution in [0, 0.1) is 13.8 Å².